The van der Waals surface area contributed by atoms with Crippen LogP contribution >= 0.6 is 23.2 Å². The average molecular weight is 485 g/mol. The van der Waals surface area contributed by atoms with Crippen LogP contribution in [0.4, 0.5) is 0 Å². The summed E-state index contributed by atoms with van der Waals surface area (Å²) in [5, 5.41) is 21.2. The number of ether oxygens (including phenoxy) is 1. The lowest BCUT2D eigenvalue weighted by molar-refractivity contribution is -0.141. The van der Waals surface area contributed by atoms with E-state index in [0.717, 1.165) is 10.9 Å². The quantitative estimate of drug-likeness (QED) is 0.463. The maximum Gasteiger partial charge on any atom is 0.325 e. The molecule has 1 N–H and O–H groups in total. The number of hydrogen-bond donors (Lipinski definition) is 1. The topological polar surface area (TPSA) is 90.6 Å². The van der Waals surface area contributed by atoms with Crippen LogP contribution in [0.5, 0.6) is 0 Å². The molecule has 170 valence electrons. The number of nitrogens with zero attached hydrogens (tertiary/aromatic N) is 2. The average Bonchev–Trinajstić information content (AvgIpc) is 2.83. The molecule has 6 nitrogen and oxygen atoms in total. The molecule has 0 spiro atoms. The molecule has 0 aliphatic heterocycles. The Kier molecular flexibility index (Phi) is 8.29. The number of benzene rings is 3. The van der Waals surface area contributed by atoms with Gasteiger partial charge < -0.3 is 14.7 Å². The summed E-state index contributed by atoms with van der Waals surface area (Å²) in [6.45, 7) is -0.292. The van der Waals surface area contributed by atoms with Crippen molar-refractivity contribution in [2.24, 2.45) is 0 Å². The first-order valence-corrected chi connectivity index (χ1v) is 11.0. The fourth-order valence-electron chi connectivity index (χ4n) is 3.71. The molecule has 3 aromatic carbocycles. The van der Waals surface area contributed by atoms with Crippen molar-refractivity contribution in [2.45, 2.75) is 12.3 Å². The van der Waals surface area contributed by atoms with E-state index >= 15 is 0 Å². The molecule has 33 heavy (non-hydrogen) atoms. The van der Waals surface area contributed by atoms with Crippen molar-refractivity contribution in [3.8, 4) is 6.07 Å². The van der Waals surface area contributed by atoms with Crippen LogP contribution in [0.3, 0.4) is 0 Å². The minimum absolute atomic E-state index is 0.123. The number of amides is 1. The van der Waals surface area contributed by atoms with E-state index in [9.17, 15) is 20.0 Å². The third-order valence-corrected chi connectivity index (χ3v) is 6.13. The van der Waals surface area contributed by atoms with E-state index in [0.29, 0.717) is 33.0 Å². The maximum absolute atomic E-state index is 13.7. The molecular formula is C25H22Cl2N2O4. The Labute approximate surface area is 201 Å². The fourth-order valence-corrected chi connectivity index (χ4v) is 4.02. The number of carbonyl (C=O) groups is 2. The van der Waals surface area contributed by atoms with E-state index in [4.69, 9.17) is 27.9 Å². The summed E-state index contributed by atoms with van der Waals surface area (Å²) in [4.78, 5) is 27.2. The van der Waals surface area contributed by atoms with Crippen LogP contribution in [-0.4, -0.2) is 48.7 Å². The summed E-state index contributed by atoms with van der Waals surface area (Å²) in [5.74, 6) is -1.32. The Morgan fingerprint density at radius 2 is 1.88 bits per heavy atom. The second-order valence-corrected chi connectivity index (χ2v) is 8.32. The van der Waals surface area contributed by atoms with Crippen LogP contribution in [0.25, 0.3) is 10.8 Å². The molecule has 3 aromatic rings. The van der Waals surface area contributed by atoms with Crippen LogP contribution in [0, 0.1) is 11.3 Å². The second-order valence-electron chi connectivity index (χ2n) is 7.50. The first-order chi connectivity index (χ1) is 15.9. The molecule has 0 aromatic heterocycles. The molecule has 3 rings (SSSR count). The number of halogens is 2. The largest absolute Gasteiger partial charge is 0.468 e. The highest BCUT2D eigenvalue weighted by Gasteiger charge is 2.26. The summed E-state index contributed by atoms with van der Waals surface area (Å²) in [7, 11) is 1.25. The molecule has 0 fully saturated rings. The number of esters is 1. The van der Waals surface area contributed by atoms with E-state index in [-0.39, 0.29) is 25.6 Å². The van der Waals surface area contributed by atoms with Gasteiger partial charge >= 0.3 is 5.97 Å². The van der Waals surface area contributed by atoms with Gasteiger partial charge in [0.15, 0.2) is 0 Å². The van der Waals surface area contributed by atoms with E-state index < -0.39 is 11.9 Å². The van der Waals surface area contributed by atoms with Crippen molar-refractivity contribution in [1.82, 2.24) is 4.90 Å². The van der Waals surface area contributed by atoms with Crippen molar-refractivity contribution in [3.63, 3.8) is 0 Å². The third-order valence-electron chi connectivity index (χ3n) is 5.39. The van der Waals surface area contributed by atoms with Gasteiger partial charge in [-0.3, -0.25) is 9.59 Å². The SMILES string of the molecule is COC(=O)CN(C[C@@H](CCO)c1ccc(Cl)c(Cl)c1)C(=O)c1cc(C#N)cc2ccccc12. The van der Waals surface area contributed by atoms with Crippen molar-refractivity contribution in [3.05, 3.63) is 81.3 Å². The minimum atomic E-state index is -0.582. The molecule has 0 aliphatic rings. The van der Waals surface area contributed by atoms with Gasteiger partial charge in [-0.05, 0) is 47.0 Å². The summed E-state index contributed by atoms with van der Waals surface area (Å²) >= 11 is 12.2. The van der Waals surface area contributed by atoms with Gasteiger partial charge in [0, 0.05) is 24.6 Å². The van der Waals surface area contributed by atoms with Gasteiger partial charge in [-0.15, -0.1) is 0 Å². The highest BCUT2D eigenvalue weighted by Crippen LogP contribution is 2.30. The Morgan fingerprint density at radius 1 is 1.12 bits per heavy atom. The van der Waals surface area contributed by atoms with Gasteiger partial charge in [0.25, 0.3) is 5.91 Å². The van der Waals surface area contributed by atoms with E-state index in [2.05, 4.69) is 6.07 Å². The number of nitriles is 1. The predicted molar refractivity (Wildman–Crippen MR) is 127 cm³/mol. The lowest BCUT2D eigenvalue weighted by Crippen LogP contribution is -2.39. The third kappa shape index (κ3) is 5.82. The number of aliphatic hydroxyl groups is 1. The van der Waals surface area contributed by atoms with Gasteiger partial charge in [-0.1, -0.05) is 53.5 Å². The Hall–Kier alpha value is -3.11. The summed E-state index contributed by atoms with van der Waals surface area (Å²) in [6.07, 6.45) is 0.335. The van der Waals surface area contributed by atoms with Crippen molar-refractivity contribution >= 4 is 45.9 Å². The van der Waals surface area contributed by atoms with Gasteiger partial charge in [-0.25, -0.2) is 0 Å². The van der Waals surface area contributed by atoms with Crippen molar-refractivity contribution < 1.29 is 19.4 Å². The van der Waals surface area contributed by atoms with Gasteiger partial charge in [0.05, 0.1) is 28.8 Å². The molecule has 0 radical (unpaired) electrons. The van der Waals surface area contributed by atoms with Gasteiger partial charge in [0.1, 0.15) is 6.54 Å². The van der Waals surface area contributed by atoms with Crippen LogP contribution in [-0.2, 0) is 9.53 Å². The molecular weight excluding hydrogens is 463 g/mol. The number of methoxy groups -OCH3 is 1. The molecule has 0 heterocycles. The zero-order valence-corrected chi connectivity index (χ0v) is 19.4. The number of carbonyl (C=O) groups excluding carboxylic acids is 2. The van der Waals surface area contributed by atoms with Crippen LogP contribution in [0.1, 0.15) is 33.8 Å². The normalized spacial score (nSPS) is 11.6. The van der Waals surface area contributed by atoms with Crippen LogP contribution in [0.15, 0.2) is 54.6 Å². The van der Waals surface area contributed by atoms with Crippen LogP contribution < -0.4 is 0 Å². The number of aliphatic hydroxyl groups excluding tert-OH is 1. The minimum Gasteiger partial charge on any atom is -0.468 e. The maximum atomic E-state index is 13.7. The number of fused-ring (bicyclic) bond motifs is 1. The number of hydrogen-bond acceptors (Lipinski definition) is 5. The lowest BCUT2D eigenvalue weighted by atomic mass is 9.94. The second kappa shape index (κ2) is 11.2. The summed E-state index contributed by atoms with van der Waals surface area (Å²) in [6, 6.07) is 17.7. The van der Waals surface area contributed by atoms with E-state index in [1.807, 2.05) is 12.1 Å². The fraction of sp³-hybridized carbons (Fsp3) is 0.240. The molecule has 1 amide bonds. The lowest BCUT2D eigenvalue weighted by Gasteiger charge is -2.28. The molecule has 1 atom stereocenters. The smallest absolute Gasteiger partial charge is 0.325 e. The van der Waals surface area contributed by atoms with Gasteiger partial charge in [0.2, 0.25) is 0 Å². The highest BCUT2D eigenvalue weighted by atomic mass is 35.5. The molecule has 8 heteroatoms. The first kappa shape index (κ1) is 24.5. The molecule has 0 bridgehead atoms. The summed E-state index contributed by atoms with van der Waals surface area (Å²) in [5.41, 5.74) is 1.42. The van der Waals surface area contributed by atoms with Gasteiger partial charge in [-0.2, -0.15) is 5.26 Å². The molecule has 0 aliphatic carbocycles. The van der Waals surface area contributed by atoms with Crippen LogP contribution in [0.2, 0.25) is 10.0 Å². The standard InChI is InChI=1S/C25H22Cl2N2O4/c1-33-24(31)15-29(14-19(8-9-30)17-6-7-22(26)23(27)12-17)25(32)21-11-16(13-28)10-18-4-2-3-5-20(18)21/h2-7,10-12,19,30H,8-9,14-15H2,1H3/t19-/m1/s1. The first-order valence-electron chi connectivity index (χ1n) is 10.2. The molecule has 0 unspecified atom stereocenters. The Balaban J connectivity index is 2.04. The van der Waals surface area contributed by atoms with E-state index in [1.165, 1.54) is 18.1 Å². The van der Waals surface area contributed by atoms with Crippen molar-refractivity contribution in [1.29, 1.82) is 5.26 Å². The van der Waals surface area contributed by atoms with Crippen molar-refractivity contribution in [2.75, 3.05) is 26.8 Å². The number of rotatable bonds is 8. The molecule has 0 saturated carbocycles. The zero-order chi connectivity index (χ0) is 24.0. The Morgan fingerprint density at radius 3 is 2.55 bits per heavy atom. The predicted octanol–water partition coefficient (Wildman–Crippen LogP) is 4.80. The molecule has 0 saturated heterocycles. The summed E-state index contributed by atoms with van der Waals surface area (Å²) < 4.78 is 4.81. The van der Waals surface area contributed by atoms with E-state index in [1.54, 1.807) is 36.4 Å². The Bertz CT molecular complexity index is 1220. The monoisotopic (exact) mass is 484 g/mol. The zero-order valence-electron chi connectivity index (χ0n) is 17.9. The highest BCUT2D eigenvalue weighted by molar-refractivity contribution is 6.42.